The Morgan fingerprint density at radius 2 is 1.88 bits per heavy atom. The molecule has 17 heavy (non-hydrogen) atoms. The van der Waals surface area contributed by atoms with E-state index in [0.717, 1.165) is 0 Å². The number of hydrogen-bond acceptors (Lipinski definition) is 2. The van der Waals surface area contributed by atoms with Crippen LogP contribution in [0.2, 0.25) is 5.02 Å². The van der Waals surface area contributed by atoms with Crippen LogP contribution in [0.5, 0.6) is 0 Å². The topological polar surface area (TPSA) is 70.2 Å². The monoisotopic (exact) mass is 249 g/mol. The number of rotatable bonds is 2. The van der Waals surface area contributed by atoms with E-state index in [2.05, 4.69) is 4.98 Å². The maximum absolute atomic E-state index is 11.6. The average Bonchev–Trinajstić information content (AvgIpc) is 2.31. The summed E-state index contributed by atoms with van der Waals surface area (Å²) < 4.78 is 0. The van der Waals surface area contributed by atoms with Gasteiger partial charge in [-0.15, -0.1) is 0 Å². The highest BCUT2D eigenvalue weighted by Gasteiger charge is 2.08. The summed E-state index contributed by atoms with van der Waals surface area (Å²) in [5.41, 5.74) is 0.632. The predicted octanol–water partition coefficient (Wildman–Crippen LogP) is 2.39. The Bertz CT molecular complexity index is 616. The van der Waals surface area contributed by atoms with Gasteiger partial charge in [0.2, 0.25) is 0 Å². The number of nitrogens with one attached hydrogen (secondary N) is 1. The van der Waals surface area contributed by atoms with Crippen LogP contribution < -0.4 is 5.56 Å². The van der Waals surface area contributed by atoms with Gasteiger partial charge in [-0.1, -0.05) is 23.7 Å². The molecular weight excluding hydrogens is 242 g/mol. The number of carbonyl (C=O) groups is 1. The Morgan fingerprint density at radius 1 is 1.24 bits per heavy atom. The van der Waals surface area contributed by atoms with E-state index in [4.69, 9.17) is 16.7 Å². The Balaban J connectivity index is 2.58. The zero-order chi connectivity index (χ0) is 12.4. The van der Waals surface area contributed by atoms with Crippen molar-refractivity contribution < 1.29 is 9.90 Å². The van der Waals surface area contributed by atoms with Crippen LogP contribution in [0.4, 0.5) is 0 Å². The number of hydrogen-bond donors (Lipinski definition) is 2. The van der Waals surface area contributed by atoms with Crippen LogP contribution >= 0.6 is 11.6 Å². The third kappa shape index (κ3) is 2.37. The molecule has 0 saturated carbocycles. The number of pyridine rings is 1. The minimum absolute atomic E-state index is 0.0366. The summed E-state index contributed by atoms with van der Waals surface area (Å²) in [7, 11) is 0. The van der Waals surface area contributed by atoms with Crippen molar-refractivity contribution in [2.45, 2.75) is 0 Å². The molecule has 0 radical (unpaired) electrons. The average molecular weight is 250 g/mol. The highest BCUT2D eigenvalue weighted by Crippen LogP contribution is 2.18. The third-order valence-corrected chi connectivity index (χ3v) is 2.56. The van der Waals surface area contributed by atoms with Crippen LogP contribution in [0.1, 0.15) is 10.4 Å². The van der Waals surface area contributed by atoms with Gasteiger partial charge in [0, 0.05) is 16.8 Å². The van der Waals surface area contributed by atoms with Gasteiger partial charge in [0.05, 0.1) is 5.56 Å². The lowest BCUT2D eigenvalue weighted by molar-refractivity contribution is 0.0696. The molecule has 1 aromatic carbocycles. The van der Waals surface area contributed by atoms with Gasteiger partial charge in [-0.2, -0.15) is 0 Å². The number of aromatic amines is 1. The lowest BCUT2D eigenvalue weighted by atomic mass is 10.1. The van der Waals surface area contributed by atoms with E-state index in [0.29, 0.717) is 16.1 Å². The van der Waals surface area contributed by atoms with Crippen LogP contribution in [0.3, 0.4) is 0 Å². The van der Waals surface area contributed by atoms with Gasteiger partial charge < -0.3 is 10.1 Å². The molecule has 0 unspecified atom stereocenters. The van der Waals surface area contributed by atoms with E-state index < -0.39 is 5.97 Å². The molecule has 0 aliphatic carbocycles. The molecule has 0 atom stereocenters. The maximum Gasteiger partial charge on any atom is 0.337 e. The number of carboxylic acid groups (broad SMARTS) is 1. The molecule has 0 spiro atoms. The lowest BCUT2D eigenvalue weighted by Crippen LogP contribution is -2.11. The van der Waals surface area contributed by atoms with E-state index in [1.54, 1.807) is 24.3 Å². The molecule has 1 heterocycles. The first-order valence-electron chi connectivity index (χ1n) is 4.80. The molecule has 0 saturated heterocycles. The summed E-state index contributed by atoms with van der Waals surface area (Å²) in [6.07, 6.45) is 1.17. The molecule has 5 heteroatoms. The Labute approximate surface area is 101 Å². The molecule has 2 rings (SSSR count). The fraction of sp³-hybridized carbons (Fsp3) is 0. The molecule has 4 nitrogen and oxygen atoms in total. The van der Waals surface area contributed by atoms with Crippen molar-refractivity contribution in [1.82, 2.24) is 4.98 Å². The van der Waals surface area contributed by atoms with E-state index in [-0.39, 0.29) is 11.1 Å². The van der Waals surface area contributed by atoms with Crippen LogP contribution in [0.25, 0.3) is 11.1 Å². The fourth-order valence-electron chi connectivity index (χ4n) is 1.45. The van der Waals surface area contributed by atoms with Crippen molar-refractivity contribution >= 4 is 17.6 Å². The summed E-state index contributed by atoms with van der Waals surface area (Å²) in [4.78, 5) is 24.8. The van der Waals surface area contributed by atoms with Gasteiger partial charge >= 0.3 is 5.97 Å². The second-order valence-corrected chi connectivity index (χ2v) is 3.88. The first kappa shape index (κ1) is 11.4. The van der Waals surface area contributed by atoms with Crippen LogP contribution in [-0.4, -0.2) is 16.1 Å². The molecule has 1 aromatic heterocycles. The van der Waals surface area contributed by atoms with Gasteiger partial charge in [-0.3, -0.25) is 4.79 Å². The SMILES string of the molecule is O=C(O)c1c[nH]c(=O)c(-c2ccc(Cl)cc2)c1. The number of aromatic nitrogens is 1. The summed E-state index contributed by atoms with van der Waals surface area (Å²) in [5.74, 6) is -1.09. The summed E-state index contributed by atoms with van der Waals surface area (Å²) >= 11 is 5.74. The maximum atomic E-state index is 11.6. The Hall–Kier alpha value is -2.07. The molecule has 0 bridgehead atoms. The van der Waals surface area contributed by atoms with Crippen molar-refractivity contribution in [3.63, 3.8) is 0 Å². The fourth-order valence-corrected chi connectivity index (χ4v) is 1.58. The number of halogens is 1. The number of carboxylic acids is 1. The smallest absolute Gasteiger partial charge is 0.337 e. The zero-order valence-electron chi connectivity index (χ0n) is 8.61. The molecule has 2 aromatic rings. The Morgan fingerprint density at radius 3 is 2.47 bits per heavy atom. The van der Waals surface area contributed by atoms with E-state index in [1.165, 1.54) is 12.3 Å². The van der Waals surface area contributed by atoms with Crippen molar-refractivity contribution in [3.05, 3.63) is 57.5 Å². The summed E-state index contributed by atoms with van der Waals surface area (Å²) in [5, 5.41) is 9.40. The predicted molar refractivity (Wildman–Crippen MR) is 64.5 cm³/mol. The summed E-state index contributed by atoms with van der Waals surface area (Å²) in [6, 6.07) is 7.95. The normalized spacial score (nSPS) is 10.2. The summed E-state index contributed by atoms with van der Waals surface area (Å²) in [6.45, 7) is 0. The lowest BCUT2D eigenvalue weighted by Gasteiger charge is -2.02. The van der Waals surface area contributed by atoms with E-state index >= 15 is 0 Å². The molecule has 0 aliphatic rings. The van der Waals surface area contributed by atoms with Crippen molar-refractivity contribution in [2.24, 2.45) is 0 Å². The highest BCUT2D eigenvalue weighted by atomic mass is 35.5. The van der Waals surface area contributed by atoms with Gasteiger partial charge in [-0.25, -0.2) is 4.79 Å². The number of H-pyrrole nitrogens is 1. The molecule has 0 aliphatic heterocycles. The van der Waals surface area contributed by atoms with Gasteiger partial charge in [0.25, 0.3) is 5.56 Å². The quantitative estimate of drug-likeness (QED) is 0.859. The molecule has 0 amide bonds. The van der Waals surface area contributed by atoms with E-state index in [9.17, 15) is 9.59 Å². The number of aromatic carboxylic acids is 1. The molecule has 86 valence electrons. The minimum atomic E-state index is -1.09. The Kier molecular flexibility index (Phi) is 2.97. The standard InChI is InChI=1S/C12H8ClNO3/c13-9-3-1-7(2-4-9)10-5-8(12(16)17)6-14-11(10)15/h1-6H,(H,14,15)(H,16,17). The van der Waals surface area contributed by atoms with Crippen LogP contribution in [0, 0.1) is 0 Å². The molecule has 2 N–H and O–H groups in total. The van der Waals surface area contributed by atoms with Crippen LogP contribution in [-0.2, 0) is 0 Å². The number of benzene rings is 1. The van der Waals surface area contributed by atoms with Crippen molar-refractivity contribution in [2.75, 3.05) is 0 Å². The molecule has 0 fully saturated rings. The van der Waals surface area contributed by atoms with Crippen LogP contribution in [0.15, 0.2) is 41.3 Å². The van der Waals surface area contributed by atoms with Gasteiger partial charge in [0.1, 0.15) is 0 Å². The first-order valence-corrected chi connectivity index (χ1v) is 5.17. The van der Waals surface area contributed by atoms with Crippen molar-refractivity contribution in [1.29, 1.82) is 0 Å². The van der Waals surface area contributed by atoms with Gasteiger partial charge in [-0.05, 0) is 23.8 Å². The molecular formula is C12H8ClNO3. The zero-order valence-corrected chi connectivity index (χ0v) is 9.36. The highest BCUT2D eigenvalue weighted by molar-refractivity contribution is 6.30. The minimum Gasteiger partial charge on any atom is -0.478 e. The first-order chi connectivity index (χ1) is 8.08. The second kappa shape index (κ2) is 4.43. The van der Waals surface area contributed by atoms with Gasteiger partial charge in [0.15, 0.2) is 0 Å². The third-order valence-electron chi connectivity index (χ3n) is 2.31. The van der Waals surface area contributed by atoms with E-state index in [1.807, 2.05) is 0 Å². The van der Waals surface area contributed by atoms with Crippen molar-refractivity contribution in [3.8, 4) is 11.1 Å². The largest absolute Gasteiger partial charge is 0.478 e. The second-order valence-electron chi connectivity index (χ2n) is 3.44.